The van der Waals surface area contributed by atoms with Crippen LogP contribution in [0.3, 0.4) is 0 Å². The molecule has 2 heterocycles. The summed E-state index contributed by atoms with van der Waals surface area (Å²) in [4.78, 5) is 40.5. The van der Waals surface area contributed by atoms with Crippen LogP contribution in [0, 0.1) is 10.1 Å². The number of benzene rings is 1. The molecule has 1 amide bonds. The number of nitro groups is 1. The van der Waals surface area contributed by atoms with E-state index in [1.165, 1.54) is 23.1 Å². The first-order chi connectivity index (χ1) is 13.4. The van der Waals surface area contributed by atoms with Crippen molar-refractivity contribution in [1.29, 1.82) is 0 Å². The van der Waals surface area contributed by atoms with Gasteiger partial charge in [0.2, 0.25) is 0 Å². The molecule has 28 heavy (non-hydrogen) atoms. The third kappa shape index (κ3) is 3.93. The molecule has 1 saturated heterocycles. The molecule has 146 valence electrons. The Balaban J connectivity index is 1.86. The van der Waals surface area contributed by atoms with Crippen LogP contribution >= 0.6 is 0 Å². The van der Waals surface area contributed by atoms with Crippen LogP contribution in [0.4, 0.5) is 11.4 Å². The molecule has 1 fully saturated rings. The maximum absolute atomic E-state index is 12.7. The predicted octanol–water partition coefficient (Wildman–Crippen LogP) is 2.85. The fourth-order valence-electron chi connectivity index (χ4n) is 3.31. The van der Waals surface area contributed by atoms with Crippen LogP contribution in [0.15, 0.2) is 42.6 Å². The van der Waals surface area contributed by atoms with Crippen molar-refractivity contribution in [3.05, 3.63) is 64.0 Å². The molecular weight excluding hydrogens is 364 g/mol. The first-order valence-corrected chi connectivity index (χ1v) is 8.88. The smallest absolute Gasteiger partial charge is 0.326 e. The molecule has 1 unspecified atom stereocenters. The zero-order valence-electron chi connectivity index (χ0n) is 15.2. The number of carboxylic acid groups (broad SMARTS) is 1. The second kappa shape index (κ2) is 8.03. The van der Waals surface area contributed by atoms with Crippen LogP contribution in [0.5, 0.6) is 0 Å². The van der Waals surface area contributed by atoms with Crippen LogP contribution in [-0.4, -0.2) is 44.4 Å². The molecular formula is C19H20N4O5. The third-order valence-electron chi connectivity index (χ3n) is 4.74. The van der Waals surface area contributed by atoms with Gasteiger partial charge >= 0.3 is 5.97 Å². The zero-order valence-corrected chi connectivity index (χ0v) is 15.2. The van der Waals surface area contributed by atoms with Gasteiger partial charge in [0.15, 0.2) is 0 Å². The summed E-state index contributed by atoms with van der Waals surface area (Å²) >= 11 is 0. The highest BCUT2D eigenvalue weighted by molar-refractivity contribution is 5.98. The Morgan fingerprint density at radius 3 is 2.79 bits per heavy atom. The molecule has 0 aliphatic carbocycles. The molecule has 1 aromatic carbocycles. The Labute approximate surface area is 161 Å². The molecule has 1 aliphatic heterocycles. The lowest BCUT2D eigenvalue weighted by molar-refractivity contribution is -0.384. The van der Waals surface area contributed by atoms with E-state index in [4.69, 9.17) is 0 Å². The number of aliphatic carboxylic acids is 1. The highest BCUT2D eigenvalue weighted by atomic mass is 16.6. The van der Waals surface area contributed by atoms with E-state index in [0.717, 1.165) is 5.69 Å². The number of likely N-dealkylation sites (tertiary alicyclic amines) is 1. The minimum atomic E-state index is -1.07. The summed E-state index contributed by atoms with van der Waals surface area (Å²) in [5, 5.41) is 23.8. The summed E-state index contributed by atoms with van der Waals surface area (Å²) in [5.41, 5.74) is 0.824. The van der Waals surface area contributed by atoms with Gasteiger partial charge in [-0.15, -0.1) is 0 Å². The minimum absolute atomic E-state index is 0.0934. The van der Waals surface area contributed by atoms with Crippen LogP contribution in [0.1, 0.15) is 41.9 Å². The van der Waals surface area contributed by atoms with E-state index in [-0.39, 0.29) is 23.0 Å². The van der Waals surface area contributed by atoms with E-state index >= 15 is 0 Å². The number of nitro benzene ring substituents is 1. The van der Waals surface area contributed by atoms with Gasteiger partial charge in [-0.2, -0.15) is 0 Å². The van der Waals surface area contributed by atoms with Crippen molar-refractivity contribution in [3.8, 4) is 0 Å². The Kier molecular flexibility index (Phi) is 5.53. The fourth-order valence-corrected chi connectivity index (χ4v) is 3.31. The molecule has 2 N–H and O–H groups in total. The number of rotatable bonds is 6. The van der Waals surface area contributed by atoms with Crippen molar-refractivity contribution < 1.29 is 19.6 Å². The molecule has 1 aliphatic rings. The quantitative estimate of drug-likeness (QED) is 0.579. The maximum Gasteiger partial charge on any atom is 0.326 e. The Morgan fingerprint density at radius 1 is 1.36 bits per heavy atom. The summed E-state index contributed by atoms with van der Waals surface area (Å²) in [6.45, 7) is 2.15. The zero-order chi connectivity index (χ0) is 20.3. The summed E-state index contributed by atoms with van der Waals surface area (Å²) in [7, 11) is 0. The monoisotopic (exact) mass is 384 g/mol. The van der Waals surface area contributed by atoms with Crippen LogP contribution in [0.2, 0.25) is 0 Å². The van der Waals surface area contributed by atoms with E-state index in [1.807, 2.05) is 13.0 Å². The van der Waals surface area contributed by atoms with Gasteiger partial charge in [-0.1, -0.05) is 6.07 Å². The lowest BCUT2D eigenvalue weighted by atomic mass is 10.1. The Morgan fingerprint density at radius 2 is 2.14 bits per heavy atom. The van der Waals surface area contributed by atoms with Gasteiger partial charge in [-0.3, -0.25) is 19.9 Å². The van der Waals surface area contributed by atoms with Gasteiger partial charge in [0.1, 0.15) is 11.7 Å². The molecule has 0 bridgehead atoms. The predicted molar refractivity (Wildman–Crippen MR) is 101 cm³/mol. The summed E-state index contributed by atoms with van der Waals surface area (Å²) in [6, 6.07) is 8.36. The number of carbonyl (C=O) groups is 2. The van der Waals surface area contributed by atoms with Gasteiger partial charge in [-0.25, -0.2) is 4.79 Å². The van der Waals surface area contributed by atoms with Crippen molar-refractivity contribution >= 4 is 23.3 Å². The fraction of sp³-hybridized carbons (Fsp3) is 0.316. The van der Waals surface area contributed by atoms with Gasteiger partial charge in [0.05, 0.1) is 16.7 Å². The van der Waals surface area contributed by atoms with E-state index in [9.17, 15) is 24.8 Å². The van der Waals surface area contributed by atoms with Crippen molar-refractivity contribution in [2.45, 2.75) is 31.8 Å². The number of pyridine rings is 1. The number of nitrogens with zero attached hydrogens (tertiary/aromatic N) is 3. The van der Waals surface area contributed by atoms with Crippen LogP contribution in [-0.2, 0) is 4.79 Å². The van der Waals surface area contributed by atoms with Crippen molar-refractivity contribution in [1.82, 2.24) is 9.88 Å². The average molecular weight is 384 g/mol. The van der Waals surface area contributed by atoms with Gasteiger partial charge in [0, 0.05) is 24.4 Å². The molecule has 9 nitrogen and oxygen atoms in total. The largest absolute Gasteiger partial charge is 0.480 e. The number of carboxylic acids is 1. The number of amides is 1. The number of aromatic nitrogens is 1. The lowest BCUT2D eigenvalue weighted by Crippen LogP contribution is -2.40. The molecule has 9 heteroatoms. The highest BCUT2D eigenvalue weighted by Gasteiger charge is 2.35. The van der Waals surface area contributed by atoms with E-state index in [0.29, 0.717) is 19.4 Å². The highest BCUT2D eigenvalue weighted by Crippen LogP contribution is 2.30. The Hall–Kier alpha value is -3.49. The van der Waals surface area contributed by atoms with Crippen molar-refractivity contribution in [3.63, 3.8) is 0 Å². The SMILES string of the molecule is CC(Nc1ccc(C(=O)N2CCC[C@@H]2C(=O)O)cc1[N+](=O)[O-])c1ccccn1. The summed E-state index contributed by atoms with van der Waals surface area (Å²) in [5.74, 6) is -1.58. The molecule has 0 saturated carbocycles. The van der Waals surface area contributed by atoms with Crippen LogP contribution < -0.4 is 5.32 Å². The number of nitrogens with one attached hydrogen (secondary N) is 1. The topological polar surface area (TPSA) is 126 Å². The first-order valence-electron chi connectivity index (χ1n) is 8.88. The molecule has 1 aromatic heterocycles. The number of carbonyl (C=O) groups excluding carboxylic acids is 1. The molecule has 3 rings (SSSR count). The maximum atomic E-state index is 12.7. The molecule has 0 spiro atoms. The second-order valence-corrected chi connectivity index (χ2v) is 6.60. The van der Waals surface area contributed by atoms with Gasteiger partial charge in [0.25, 0.3) is 11.6 Å². The van der Waals surface area contributed by atoms with Gasteiger partial charge < -0.3 is 15.3 Å². The van der Waals surface area contributed by atoms with Gasteiger partial charge in [-0.05, 0) is 44.0 Å². The minimum Gasteiger partial charge on any atom is -0.480 e. The van der Waals surface area contributed by atoms with E-state index in [2.05, 4.69) is 10.3 Å². The van der Waals surface area contributed by atoms with Crippen molar-refractivity contribution in [2.24, 2.45) is 0 Å². The van der Waals surface area contributed by atoms with Crippen molar-refractivity contribution in [2.75, 3.05) is 11.9 Å². The molecule has 2 atom stereocenters. The molecule has 2 aromatic rings. The lowest BCUT2D eigenvalue weighted by Gasteiger charge is -2.21. The number of anilines is 1. The average Bonchev–Trinajstić information content (AvgIpc) is 3.18. The second-order valence-electron chi connectivity index (χ2n) is 6.60. The third-order valence-corrected chi connectivity index (χ3v) is 4.74. The summed E-state index contributed by atoms with van der Waals surface area (Å²) in [6.07, 6.45) is 2.61. The standard InChI is InChI=1S/C19H20N4O5/c1-12(14-5-2-3-9-20-14)21-15-8-7-13(11-17(15)23(27)28)18(24)22-10-4-6-16(22)19(25)26/h2-3,5,7-9,11-12,16,21H,4,6,10H2,1H3,(H,25,26)/t12?,16-/m1/s1. The normalized spacial score (nSPS) is 17.2. The summed E-state index contributed by atoms with van der Waals surface area (Å²) < 4.78 is 0. The number of hydrogen-bond donors (Lipinski definition) is 2. The van der Waals surface area contributed by atoms with E-state index < -0.39 is 22.8 Å². The van der Waals surface area contributed by atoms with Crippen LogP contribution in [0.25, 0.3) is 0 Å². The Bertz CT molecular complexity index is 902. The molecule has 0 radical (unpaired) electrons. The first kappa shape index (κ1) is 19.3. The number of hydrogen-bond acceptors (Lipinski definition) is 6. The van der Waals surface area contributed by atoms with E-state index in [1.54, 1.807) is 18.3 Å².